The molecule has 2 bridgehead atoms. The first kappa shape index (κ1) is 16.6. The molecule has 134 valence electrons. The van der Waals surface area contributed by atoms with E-state index in [1.165, 1.54) is 23.0 Å². The number of hydrogen-bond donors (Lipinski definition) is 1. The first-order chi connectivity index (χ1) is 11.8. The van der Waals surface area contributed by atoms with Crippen molar-refractivity contribution < 1.29 is 13.2 Å². The fraction of sp³-hybridized carbons (Fsp3) is 0.500. The highest BCUT2D eigenvalue weighted by Crippen LogP contribution is 2.34. The molecule has 0 radical (unpaired) electrons. The standard InChI is InChI=1S/C18H23N3O3S/c1-20-13-7-8-14(20)10-12(9-13)19-18(22)16-11-21(25(2,23)24)17-6-4-3-5-15(16)17/h3-6,11-14H,7-10H2,1-2H3,(H,19,22)/t12?,13-,14+. The molecule has 1 aromatic carbocycles. The smallest absolute Gasteiger partial charge is 0.253 e. The van der Waals surface area contributed by atoms with E-state index in [1.807, 2.05) is 6.07 Å². The van der Waals surface area contributed by atoms with Crippen LogP contribution in [0.3, 0.4) is 0 Å². The zero-order valence-electron chi connectivity index (χ0n) is 14.5. The normalized spacial score (nSPS) is 26.9. The molecule has 1 amide bonds. The molecule has 2 fully saturated rings. The van der Waals surface area contributed by atoms with E-state index in [-0.39, 0.29) is 11.9 Å². The lowest BCUT2D eigenvalue weighted by atomic mass is 9.97. The molecule has 3 atom stereocenters. The van der Waals surface area contributed by atoms with Gasteiger partial charge in [-0.25, -0.2) is 12.4 Å². The lowest BCUT2D eigenvalue weighted by Gasteiger charge is -2.36. The fourth-order valence-corrected chi connectivity index (χ4v) is 5.21. The maximum absolute atomic E-state index is 12.8. The average Bonchev–Trinajstić information content (AvgIpc) is 3.02. The van der Waals surface area contributed by atoms with Crippen LogP contribution in [0.1, 0.15) is 36.0 Å². The van der Waals surface area contributed by atoms with Crippen LogP contribution in [0.15, 0.2) is 30.5 Å². The Kier molecular flexibility index (Phi) is 3.88. The maximum atomic E-state index is 12.8. The van der Waals surface area contributed by atoms with Gasteiger partial charge in [-0.05, 0) is 38.8 Å². The van der Waals surface area contributed by atoms with Gasteiger partial charge in [-0.1, -0.05) is 18.2 Å². The molecule has 0 aliphatic carbocycles. The van der Waals surface area contributed by atoms with Gasteiger partial charge in [0.2, 0.25) is 10.0 Å². The Morgan fingerprint density at radius 1 is 1.16 bits per heavy atom. The third-order valence-electron chi connectivity index (χ3n) is 5.71. The van der Waals surface area contributed by atoms with Gasteiger partial charge in [0.25, 0.3) is 5.91 Å². The Morgan fingerprint density at radius 3 is 2.44 bits per heavy atom. The Hall–Kier alpha value is -1.86. The quantitative estimate of drug-likeness (QED) is 0.905. The maximum Gasteiger partial charge on any atom is 0.253 e. The molecule has 1 unspecified atom stereocenters. The first-order valence-electron chi connectivity index (χ1n) is 8.68. The topological polar surface area (TPSA) is 71.4 Å². The van der Waals surface area contributed by atoms with E-state index in [0.717, 1.165) is 19.1 Å². The Morgan fingerprint density at radius 2 is 1.80 bits per heavy atom. The van der Waals surface area contributed by atoms with Crippen molar-refractivity contribution in [2.45, 2.75) is 43.8 Å². The Balaban J connectivity index is 1.63. The van der Waals surface area contributed by atoms with Crippen LogP contribution in [0.2, 0.25) is 0 Å². The predicted molar refractivity (Wildman–Crippen MR) is 97.2 cm³/mol. The summed E-state index contributed by atoms with van der Waals surface area (Å²) in [6, 6.07) is 8.36. The van der Waals surface area contributed by atoms with E-state index in [4.69, 9.17) is 0 Å². The van der Waals surface area contributed by atoms with Gasteiger partial charge in [-0.15, -0.1) is 0 Å². The van der Waals surface area contributed by atoms with Crippen LogP contribution in [0.4, 0.5) is 0 Å². The van der Waals surface area contributed by atoms with E-state index < -0.39 is 10.0 Å². The van der Waals surface area contributed by atoms with E-state index in [0.29, 0.717) is 28.6 Å². The molecule has 0 saturated carbocycles. The number of fused-ring (bicyclic) bond motifs is 3. The molecule has 1 aromatic heterocycles. The van der Waals surface area contributed by atoms with E-state index in [2.05, 4.69) is 17.3 Å². The summed E-state index contributed by atoms with van der Waals surface area (Å²) in [4.78, 5) is 15.3. The lowest BCUT2D eigenvalue weighted by molar-refractivity contribution is 0.0884. The van der Waals surface area contributed by atoms with Crippen molar-refractivity contribution >= 4 is 26.8 Å². The third-order valence-corrected chi connectivity index (χ3v) is 6.73. The second-order valence-electron chi connectivity index (χ2n) is 7.31. The van der Waals surface area contributed by atoms with Crippen LogP contribution in [0, 0.1) is 0 Å². The van der Waals surface area contributed by atoms with Gasteiger partial charge >= 0.3 is 0 Å². The van der Waals surface area contributed by atoms with Gasteiger partial charge in [0.15, 0.2) is 0 Å². The SMILES string of the molecule is CN1[C@@H]2CC[C@H]1CC(NC(=O)c1cn(S(C)(=O)=O)c3ccccc13)C2. The van der Waals surface area contributed by atoms with Crippen molar-refractivity contribution in [1.82, 2.24) is 14.2 Å². The van der Waals surface area contributed by atoms with Crippen molar-refractivity contribution in [2.75, 3.05) is 13.3 Å². The number of piperidine rings is 1. The molecule has 2 aromatic rings. The molecule has 7 heteroatoms. The van der Waals surface area contributed by atoms with E-state index in [9.17, 15) is 13.2 Å². The number of carbonyl (C=O) groups is 1. The number of amides is 1. The van der Waals surface area contributed by atoms with Gasteiger partial charge in [0, 0.05) is 29.7 Å². The molecule has 1 N–H and O–H groups in total. The lowest BCUT2D eigenvalue weighted by Crippen LogP contribution is -2.48. The van der Waals surface area contributed by atoms with Gasteiger partial charge in [0.05, 0.1) is 17.3 Å². The summed E-state index contributed by atoms with van der Waals surface area (Å²) in [6.45, 7) is 0. The number of rotatable bonds is 3. The highest BCUT2D eigenvalue weighted by molar-refractivity contribution is 7.89. The largest absolute Gasteiger partial charge is 0.349 e. The molecular weight excluding hydrogens is 338 g/mol. The number of benzene rings is 1. The third kappa shape index (κ3) is 2.85. The van der Waals surface area contributed by atoms with Crippen LogP contribution in [-0.4, -0.2) is 54.6 Å². The molecule has 25 heavy (non-hydrogen) atoms. The summed E-state index contributed by atoms with van der Waals surface area (Å²) >= 11 is 0. The summed E-state index contributed by atoms with van der Waals surface area (Å²) in [5, 5.41) is 3.81. The molecule has 2 aliphatic rings. The first-order valence-corrected chi connectivity index (χ1v) is 10.5. The molecule has 2 aliphatic heterocycles. The average molecular weight is 361 g/mol. The summed E-state index contributed by atoms with van der Waals surface area (Å²) in [5.74, 6) is -0.187. The zero-order chi connectivity index (χ0) is 17.8. The summed E-state index contributed by atoms with van der Waals surface area (Å²) in [7, 11) is -1.29. The van der Waals surface area contributed by atoms with E-state index in [1.54, 1.807) is 18.2 Å². The summed E-state index contributed by atoms with van der Waals surface area (Å²) < 4.78 is 25.2. The molecule has 2 saturated heterocycles. The van der Waals surface area contributed by atoms with Gasteiger partial charge in [0.1, 0.15) is 0 Å². The van der Waals surface area contributed by atoms with Crippen molar-refractivity contribution in [1.29, 1.82) is 0 Å². The number of carbonyl (C=O) groups excluding carboxylic acids is 1. The number of para-hydroxylation sites is 1. The van der Waals surface area contributed by atoms with Gasteiger partial charge in [-0.2, -0.15) is 0 Å². The van der Waals surface area contributed by atoms with E-state index >= 15 is 0 Å². The minimum Gasteiger partial charge on any atom is -0.349 e. The van der Waals surface area contributed by atoms with Crippen molar-refractivity contribution in [3.05, 3.63) is 36.0 Å². The monoisotopic (exact) mass is 361 g/mol. The molecule has 6 nitrogen and oxygen atoms in total. The van der Waals surface area contributed by atoms with Crippen molar-refractivity contribution in [3.8, 4) is 0 Å². The second kappa shape index (κ2) is 5.85. The van der Waals surface area contributed by atoms with Crippen molar-refractivity contribution in [2.24, 2.45) is 0 Å². The van der Waals surface area contributed by atoms with Crippen molar-refractivity contribution in [3.63, 3.8) is 0 Å². The highest BCUT2D eigenvalue weighted by Gasteiger charge is 2.39. The second-order valence-corrected chi connectivity index (χ2v) is 9.17. The minimum absolute atomic E-state index is 0.154. The van der Waals surface area contributed by atoms with Crippen LogP contribution < -0.4 is 5.32 Å². The van der Waals surface area contributed by atoms with Crippen LogP contribution in [0.25, 0.3) is 10.9 Å². The summed E-state index contributed by atoms with van der Waals surface area (Å²) in [5.41, 5.74) is 0.964. The number of hydrogen-bond acceptors (Lipinski definition) is 4. The molecular formula is C18H23N3O3S. The van der Waals surface area contributed by atoms with Crippen LogP contribution in [0.5, 0.6) is 0 Å². The Bertz CT molecular complexity index is 920. The Labute approximate surface area is 147 Å². The minimum atomic E-state index is -3.46. The number of aromatic nitrogens is 1. The zero-order valence-corrected chi connectivity index (χ0v) is 15.3. The molecule has 4 rings (SSSR count). The predicted octanol–water partition coefficient (Wildman–Crippen LogP) is 1.80. The summed E-state index contributed by atoms with van der Waals surface area (Å²) in [6.07, 6.45) is 6.91. The van der Waals surface area contributed by atoms with Gasteiger partial charge < -0.3 is 10.2 Å². The fourth-order valence-electron chi connectivity index (χ4n) is 4.40. The molecule has 0 spiro atoms. The molecule has 3 heterocycles. The van der Waals surface area contributed by atoms with Crippen LogP contribution >= 0.6 is 0 Å². The highest BCUT2D eigenvalue weighted by atomic mass is 32.2. The van der Waals surface area contributed by atoms with Gasteiger partial charge in [-0.3, -0.25) is 4.79 Å². The van der Waals surface area contributed by atoms with Crippen LogP contribution in [-0.2, 0) is 10.0 Å². The number of nitrogens with zero attached hydrogens (tertiary/aromatic N) is 2. The number of nitrogens with one attached hydrogen (secondary N) is 1.